The van der Waals surface area contributed by atoms with Crippen molar-refractivity contribution in [3.8, 4) is 22.4 Å². The zero-order valence-corrected chi connectivity index (χ0v) is 20.0. The summed E-state index contributed by atoms with van der Waals surface area (Å²) in [4.78, 5) is 7.91. The molecule has 9 heteroatoms. The van der Waals surface area contributed by atoms with Gasteiger partial charge in [0.15, 0.2) is 5.69 Å². The largest absolute Gasteiger partial charge is 0.407 e. The molecule has 1 saturated heterocycles. The number of nitrogens with one attached hydrogen (secondary N) is 1. The number of aromatic nitrogens is 4. The average Bonchev–Trinajstić information content (AvgIpc) is 3.64. The number of nitrogens with zero attached hydrogens (tertiary/aromatic N) is 5. The summed E-state index contributed by atoms with van der Waals surface area (Å²) in [6.45, 7) is 9.97. The molecule has 1 atom stereocenters. The second kappa shape index (κ2) is 8.75. The lowest BCUT2D eigenvalue weighted by atomic mass is 9.94. The number of rotatable bonds is 4. The molecular formula is C28H23F3N6. The maximum atomic E-state index is 13.9. The van der Waals surface area contributed by atoms with Crippen LogP contribution in [0.5, 0.6) is 0 Å². The minimum absolute atomic E-state index is 0.374. The lowest BCUT2D eigenvalue weighted by Crippen LogP contribution is -2.14. The molecule has 2 aromatic carbocycles. The molecule has 0 radical (unpaired) electrons. The van der Waals surface area contributed by atoms with Gasteiger partial charge in [0.25, 0.3) is 0 Å². The smallest absolute Gasteiger partial charge is 0.346 e. The van der Waals surface area contributed by atoms with E-state index in [0.717, 1.165) is 59.5 Å². The highest BCUT2D eigenvalue weighted by Gasteiger charge is 2.34. The van der Waals surface area contributed by atoms with Gasteiger partial charge in [-0.15, -0.1) is 0 Å². The third-order valence-corrected chi connectivity index (χ3v) is 7.18. The Morgan fingerprint density at radius 3 is 2.68 bits per heavy atom. The molecule has 1 N–H and O–H groups in total. The standard InChI is InChI=1S/C28H23F3N6/c1-32-23-5-3-18(12-22(23)28(29,30)31)26-21-8-10-37(16-17-7-9-33-13-17)25(21)15-34-27(26)19-4-6-24-20(11-19)14-35-36(24)2/h3-6,8,10-12,14-15,17,33H,7,9,13,16H2,2H3/t17-/m1/s1. The van der Waals surface area contributed by atoms with Gasteiger partial charge >= 0.3 is 6.18 Å². The molecule has 6 nitrogen and oxygen atoms in total. The topological polar surface area (TPSA) is 52.0 Å². The van der Waals surface area contributed by atoms with Crippen molar-refractivity contribution < 1.29 is 13.2 Å². The van der Waals surface area contributed by atoms with Crippen molar-refractivity contribution in [3.63, 3.8) is 0 Å². The van der Waals surface area contributed by atoms with E-state index in [4.69, 9.17) is 11.6 Å². The lowest BCUT2D eigenvalue weighted by Gasteiger charge is -2.16. The number of hydrogen-bond acceptors (Lipinski definition) is 3. The first-order chi connectivity index (χ1) is 17.8. The van der Waals surface area contributed by atoms with E-state index in [-0.39, 0.29) is 0 Å². The van der Waals surface area contributed by atoms with Gasteiger partial charge in [-0.3, -0.25) is 9.67 Å². The molecule has 6 rings (SSSR count). The minimum atomic E-state index is -4.65. The van der Waals surface area contributed by atoms with Gasteiger partial charge in [-0.1, -0.05) is 24.3 Å². The van der Waals surface area contributed by atoms with E-state index < -0.39 is 17.4 Å². The zero-order valence-electron chi connectivity index (χ0n) is 20.0. The van der Waals surface area contributed by atoms with Crippen LogP contribution in [0.3, 0.4) is 0 Å². The molecule has 0 amide bonds. The molecule has 1 fully saturated rings. The fourth-order valence-corrected chi connectivity index (χ4v) is 5.30. The van der Waals surface area contributed by atoms with E-state index in [2.05, 4.69) is 19.8 Å². The van der Waals surface area contributed by atoms with Gasteiger partial charge in [0.2, 0.25) is 0 Å². The normalized spacial score (nSPS) is 16.0. The first kappa shape index (κ1) is 23.3. The predicted octanol–water partition coefficient (Wildman–Crippen LogP) is 6.44. The molecule has 4 heterocycles. The summed E-state index contributed by atoms with van der Waals surface area (Å²) in [6.07, 6.45) is 1.99. The number of alkyl halides is 3. The molecule has 0 spiro atoms. The van der Waals surface area contributed by atoms with E-state index in [1.165, 1.54) is 6.07 Å². The molecule has 1 aliphatic rings. The Bertz CT molecular complexity index is 1680. The van der Waals surface area contributed by atoms with Gasteiger partial charge in [0.1, 0.15) is 0 Å². The SMILES string of the molecule is [C-]#[N+]c1ccc(-c2c(-c3ccc4c(cnn4C)c3)ncc3c2ccn3C[C@@H]2CCNC2)cc1C(F)(F)F. The molecule has 1 aliphatic heterocycles. The highest BCUT2D eigenvalue weighted by Crippen LogP contribution is 2.43. The van der Waals surface area contributed by atoms with Crippen molar-refractivity contribution in [1.29, 1.82) is 0 Å². The highest BCUT2D eigenvalue weighted by molar-refractivity contribution is 6.02. The second-order valence-corrected chi connectivity index (χ2v) is 9.49. The Balaban J connectivity index is 1.59. The third kappa shape index (κ3) is 4.03. The van der Waals surface area contributed by atoms with Gasteiger partial charge in [-0.05, 0) is 49.2 Å². The van der Waals surface area contributed by atoms with Crippen LogP contribution in [0.2, 0.25) is 0 Å². The predicted molar refractivity (Wildman–Crippen MR) is 137 cm³/mol. The van der Waals surface area contributed by atoms with Crippen LogP contribution in [-0.2, 0) is 19.8 Å². The Labute approximate surface area is 211 Å². The van der Waals surface area contributed by atoms with Crippen LogP contribution in [0.1, 0.15) is 12.0 Å². The highest BCUT2D eigenvalue weighted by atomic mass is 19.4. The van der Waals surface area contributed by atoms with Crippen molar-refractivity contribution in [1.82, 2.24) is 24.6 Å². The number of halogens is 3. The third-order valence-electron chi connectivity index (χ3n) is 7.18. The molecule has 5 aromatic rings. The summed E-state index contributed by atoms with van der Waals surface area (Å²) in [5, 5.41) is 9.43. The van der Waals surface area contributed by atoms with Gasteiger partial charge in [-0.2, -0.15) is 18.3 Å². The molecule has 186 valence electrons. The first-order valence-electron chi connectivity index (χ1n) is 12.0. The van der Waals surface area contributed by atoms with E-state index in [9.17, 15) is 13.2 Å². The fourth-order valence-electron chi connectivity index (χ4n) is 5.30. The van der Waals surface area contributed by atoms with Gasteiger partial charge in [-0.25, -0.2) is 4.85 Å². The average molecular weight is 501 g/mol. The molecule has 0 bridgehead atoms. The molecular weight excluding hydrogens is 477 g/mol. The van der Waals surface area contributed by atoms with Crippen LogP contribution < -0.4 is 5.32 Å². The van der Waals surface area contributed by atoms with Crippen LogP contribution in [0.15, 0.2) is 61.1 Å². The molecule has 0 saturated carbocycles. The monoisotopic (exact) mass is 500 g/mol. The van der Waals surface area contributed by atoms with Crippen molar-refractivity contribution in [2.24, 2.45) is 13.0 Å². The second-order valence-electron chi connectivity index (χ2n) is 9.49. The van der Waals surface area contributed by atoms with Gasteiger partial charge in [0, 0.05) is 41.7 Å². The van der Waals surface area contributed by atoms with Crippen LogP contribution in [0, 0.1) is 12.5 Å². The number of aryl methyl sites for hydroxylation is 1. The van der Waals surface area contributed by atoms with Crippen LogP contribution in [0.4, 0.5) is 18.9 Å². The fraction of sp³-hybridized carbons (Fsp3) is 0.250. The van der Waals surface area contributed by atoms with Crippen LogP contribution in [0.25, 0.3) is 49.0 Å². The van der Waals surface area contributed by atoms with Crippen molar-refractivity contribution in [2.75, 3.05) is 13.1 Å². The van der Waals surface area contributed by atoms with Gasteiger partial charge < -0.3 is 9.88 Å². The van der Waals surface area contributed by atoms with Crippen LogP contribution in [-0.4, -0.2) is 32.4 Å². The Hall–Kier alpha value is -4.16. The summed E-state index contributed by atoms with van der Waals surface area (Å²) < 4.78 is 45.6. The molecule has 0 unspecified atom stereocenters. The number of hydrogen-bond donors (Lipinski definition) is 1. The van der Waals surface area contributed by atoms with Crippen molar-refractivity contribution in [2.45, 2.75) is 19.1 Å². The maximum absolute atomic E-state index is 13.9. The number of benzene rings is 2. The van der Waals surface area contributed by atoms with E-state index in [0.29, 0.717) is 22.7 Å². The van der Waals surface area contributed by atoms with E-state index in [1.807, 2.05) is 43.7 Å². The Morgan fingerprint density at radius 2 is 1.92 bits per heavy atom. The van der Waals surface area contributed by atoms with Crippen molar-refractivity contribution in [3.05, 3.63) is 78.0 Å². The molecule has 3 aromatic heterocycles. The van der Waals surface area contributed by atoms with Gasteiger partial charge in [0.05, 0.1) is 41.3 Å². The number of fused-ring (bicyclic) bond motifs is 2. The quantitative estimate of drug-likeness (QED) is 0.289. The Morgan fingerprint density at radius 1 is 1.08 bits per heavy atom. The van der Waals surface area contributed by atoms with Crippen molar-refractivity contribution >= 4 is 27.5 Å². The van der Waals surface area contributed by atoms with E-state index >= 15 is 0 Å². The summed E-state index contributed by atoms with van der Waals surface area (Å²) >= 11 is 0. The Kier molecular flexibility index (Phi) is 5.50. The maximum Gasteiger partial charge on any atom is 0.407 e. The minimum Gasteiger partial charge on any atom is -0.346 e. The summed E-state index contributed by atoms with van der Waals surface area (Å²) in [6, 6.07) is 11.7. The zero-order chi connectivity index (χ0) is 25.7. The summed E-state index contributed by atoms with van der Waals surface area (Å²) in [5.41, 5.74) is 2.82. The molecule has 0 aliphatic carbocycles. The van der Waals surface area contributed by atoms with E-state index in [1.54, 1.807) is 16.9 Å². The van der Waals surface area contributed by atoms with Crippen LogP contribution >= 0.6 is 0 Å². The summed E-state index contributed by atoms with van der Waals surface area (Å²) in [5.74, 6) is 0.487. The lowest BCUT2D eigenvalue weighted by molar-refractivity contribution is -0.136. The first-order valence-corrected chi connectivity index (χ1v) is 12.0. The molecule has 37 heavy (non-hydrogen) atoms. The summed E-state index contributed by atoms with van der Waals surface area (Å²) in [7, 11) is 1.86. The number of pyridine rings is 1.